The van der Waals surface area contributed by atoms with Crippen LogP contribution in [-0.4, -0.2) is 22.7 Å². The van der Waals surface area contributed by atoms with Crippen molar-refractivity contribution in [2.75, 3.05) is 11.9 Å². The van der Waals surface area contributed by atoms with E-state index in [1.807, 2.05) is 6.92 Å². The second-order valence-electron chi connectivity index (χ2n) is 4.74. The average molecular weight is 351 g/mol. The first-order chi connectivity index (χ1) is 11.0. The first kappa shape index (κ1) is 17.1. The molecule has 0 fully saturated rings. The van der Waals surface area contributed by atoms with E-state index < -0.39 is 5.91 Å². The molecule has 0 spiro atoms. The second kappa shape index (κ2) is 7.80. The molecule has 0 aliphatic carbocycles. The molecule has 0 saturated carbocycles. The third-order valence-corrected chi connectivity index (χ3v) is 3.36. The fraction of sp³-hybridized carbons (Fsp3) is 0.125. The maximum absolute atomic E-state index is 11.8. The molecule has 0 bridgehead atoms. The van der Waals surface area contributed by atoms with E-state index in [0.717, 1.165) is 5.56 Å². The molecular weight excluding hydrogens is 336 g/mol. The first-order valence-electron chi connectivity index (χ1n) is 6.73. The van der Waals surface area contributed by atoms with Crippen molar-refractivity contribution in [3.05, 3.63) is 53.1 Å². The maximum atomic E-state index is 11.8. The topological polar surface area (TPSA) is 70.6 Å². The number of nitrogens with one attached hydrogen (secondary N) is 2. The fourth-order valence-electron chi connectivity index (χ4n) is 1.77. The highest BCUT2D eigenvalue weighted by Crippen LogP contribution is 2.24. The quantitative estimate of drug-likeness (QED) is 0.583. The Hall–Kier alpha value is -2.31. The standard InChI is InChI=1S/C16H15ClN2O3S/c1-10-6-7-13(20)12(8-10)18-16(23)19-15(21)9-22-14-5-3-2-4-11(14)17/h2-8,20H,9H2,1H3,(H2,18,19,21,23). The van der Waals surface area contributed by atoms with Gasteiger partial charge in [-0.25, -0.2) is 0 Å². The number of phenols is 1. The summed E-state index contributed by atoms with van der Waals surface area (Å²) < 4.78 is 5.31. The Balaban J connectivity index is 1.86. The molecule has 0 saturated heterocycles. The Labute approximate surface area is 144 Å². The third kappa shape index (κ3) is 5.12. The van der Waals surface area contributed by atoms with Crippen molar-refractivity contribution < 1.29 is 14.6 Å². The number of ether oxygens (including phenoxy) is 1. The number of carbonyl (C=O) groups excluding carboxylic acids is 1. The number of benzene rings is 2. The zero-order valence-electron chi connectivity index (χ0n) is 12.3. The zero-order valence-corrected chi connectivity index (χ0v) is 13.9. The Morgan fingerprint density at radius 2 is 2.04 bits per heavy atom. The van der Waals surface area contributed by atoms with Gasteiger partial charge in [-0.3, -0.25) is 10.1 Å². The molecule has 2 aromatic carbocycles. The highest BCUT2D eigenvalue weighted by Gasteiger charge is 2.09. The number of thiocarbonyl (C=S) groups is 1. The smallest absolute Gasteiger partial charge is 0.264 e. The maximum Gasteiger partial charge on any atom is 0.264 e. The second-order valence-corrected chi connectivity index (χ2v) is 5.56. The van der Waals surface area contributed by atoms with Crippen LogP contribution in [0.15, 0.2) is 42.5 Å². The lowest BCUT2D eigenvalue weighted by molar-refractivity contribution is -0.121. The lowest BCUT2D eigenvalue weighted by Gasteiger charge is -2.12. The van der Waals surface area contributed by atoms with Gasteiger partial charge in [-0.1, -0.05) is 29.8 Å². The van der Waals surface area contributed by atoms with E-state index in [4.69, 9.17) is 28.6 Å². The fourth-order valence-corrected chi connectivity index (χ4v) is 2.19. The number of aryl methyl sites for hydroxylation is 1. The minimum atomic E-state index is -0.436. The molecule has 0 aliphatic rings. The van der Waals surface area contributed by atoms with Crippen LogP contribution in [0.2, 0.25) is 5.02 Å². The summed E-state index contributed by atoms with van der Waals surface area (Å²) in [5, 5.41) is 15.4. The molecule has 120 valence electrons. The minimum Gasteiger partial charge on any atom is -0.506 e. The molecule has 0 aromatic heterocycles. The van der Waals surface area contributed by atoms with E-state index in [-0.39, 0.29) is 17.5 Å². The zero-order chi connectivity index (χ0) is 16.8. The van der Waals surface area contributed by atoms with E-state index in [9.17, 15) is 9.90 Å². The monoisotopic (exact) mass is 350 g/mol. The number of para-hydroxylation sites is 1. The molecule has 7 heteroatoms. The van der Waals surface area contributed by atoms with Crippen molar-refractivity contribution >= 4 is 40.5 Å². The number of amides is 1. The van der Waals surface area contributed by atoms with Crippen molar-refractivity contribution in [1.29, 1.82) is 0 Å². The molecule has 2 rings (SSSR count). The lowest BCUT2D eigenvalue weighted by Crippen LogP contribution is -2.37. The van der Waals surface area contributed by atoms with Gasteiger partial charge in [0.1, 0.15) is 11.5 Å². The predicted molar refractivity (Wildman–Crippen MR) is 94.2 cm³/mol. The van der Waals surface area contributed by atoms with E-state index in [1.54, 1.807) is 42.5 Å². The molecular formula is C16H15ClN2O3S. The molecule has 0 heterocycles. The summed E-state index contributed by atoms with van der Waals surface area (Å²) in [5.74, 6) is 0.0219. The molecule has 0 atom stereocenters. The van der Waals surface area contributed by atoms with Crippen LogP contribution in [0.25, 0.3) is 0 Å². The van der Waals surface area contributed by atoms with E-state index in [2.05, 4.69) is 10.6 Å². The number of rotatable bonds is 4. The minimum absolute atomic E-state index is 0.0412. The third-order valence-electron chi connectivity index (χ3n) is 2.85. The predicted octanol–water partition coefficient (Wildman–Crippen LogP) is 3.25. The summed E-state index contributed by atoms with van der Waals surface area (Å²) in [6.07, 6.45) is 0. The number of hydrogen-bond donors (Lipinski definition) is 3. The Kier molecular flexibility index (Phi) is 5.78. The van der Waals surface area contributed by atoms with Gasteiger partial charge in [-0.15, -0.1) is 0 Å². The van der Waals surface area contributed by atoms with Gasteiger partial charge in [-0.2, -0.15) is 0 Å². The van der Waals surface area contributed by atoms with Crippen molar-refractivity contribution in [1.82, 2.24) is 5.32 Å². The largest absolute Gasteiger partial charge is 0.506 e. The van der Waals surface area contributed by atoms with Gasteiger partial charge in [0.05, 0.1) is 10.7 Å². The Bertz CT molecular complexity index is 737. The van der Waals surface area contributed by atoms with Crippen LogP contribution in [0.1, 0.15) is 5.56 Å². The van der Waals surface area contributed by atoms with Gasteiger partial charge in [0.25, 0.3) is 5.91 Å². The summed E-state index contributed by atoms with van der Waals surface area (Å²) in [5.41, 5.74) is 1.36. The summed E-state index contributed by atoms with van der Waals surface area (Å²) in [7, 11) is 0. The lowest BCUT2D eigenvalue weighted by atomic mass is 10.2. The number of phenolic OH excluding ortho intramolecular Hbond substituents is 1. The van der Waals surface area contributed by atoms with Gasteiger partial charge in [0, 0.05) is 0 Å². The number of aromatic hydroxyl groups is 1. The van der Waals surface area contributed by atoms with Gasteiger partial charge < -0.3 is 15.2 Å². The number of halogens is 1. The summed E-state index contributed by atoms with van der Waals surface area (Å²) in [4.78, 5) is 11.8. The summed E-state index contributed by atoms with van der Waals surface area (Å²) >= 11 is 11.0. The molecule has 1 amide bonds. The number of hydrogen-bond acceptors (Lipinski definition) is 4. The molecule has 5 nitrogen and oxygen atoms in total. The van der Waals surface area contributed by atoms with Crippen LogP contribution >= 0.6 is 23.8 Å². The Morgan fingerprint density at radius 3 is 2.78 bits per heavy atom. The Morgan fingerprint density at radius 1 is 1.30 bits per heavy atom. The van der Waals surface area contributed by atoms with Crippen molar-refractivity contribution in [3.8, 4) is 11.5 Å². The summed E-state index contributed by atoms with van der Waals surface area (Å²) in [6, 6.07) is 11.9. The van der Waals surface area contributed by atoms with E-state index >= 15 is 0 Å². The van der Waals surface area contributed by atoms with Crippen molar-refractivity contribution in [2.24, 2.45) is 0 Å². The normalized spacial score (nSPS) is 10.0. The van der Waals surface area contributed by atoms with Crippen molar-refractivity contribution in [3.63, 3.8) is 0 Å². The molecule has 0 aliphatic heterocycles. The van der Waals surface area contributed by atoms with Gasteiger partial charge >= 0.3 is 0 Å². The van der Waals surface area contributed by atoms with Crippen LogP contribution in [0.5, 0.6) is 11.5 Å². The highest BCUT2D eigenvalue weighted by atomic mass is 35.5. The average Bonchev–Trinajstić information content (AvgIpc) is 2.50. The van der Waals surface area contributed by atoms with E-state index in [1.165, 1.54) is 0 Å². The van der Waals surface area contributed by atoms with Gasteiger partial charge in [-0.05, 0) is 49.0 Å². The van der Waals surface area contributed by atoms with E-state index in [0.29, 0.717) is 16.5 Å². The highest BCUT2D eigenvalue weighted by molar-refractivity contribution is 7.80. The van der Waals surface area contributed by atoms with Crippen LogP contribution < -0.4 is 15.4 Å². The molecule has 23 heavy (non-hydrogen) atoms. The van der Waals surface area contributed by atoms with Gasteiger partial charge in [0.2, 0.25) is 0 Å². The molecule has 3 N–H and O–H groups in total. The van der Waals surface area contributed by atoms with Crippen LogP contribution in [0.4, 0.5) is 5.69 Å². The SMILES string of the molecule is Cc1ccc(O)c(NC(=S)NC(=O)COc2ccccc2Cl)c1. The van der Waals surface area contributed by atoms with Crippen molar-refractivity contribution in [2.45, 2.75) is 6.92 Å². The van der Waals surface area contributed by atoms with Gasteiger partial charge in [0.15, 0.2) is 11.7 Å². The first-order valence-corrected chi connectivity index (χ1v) is 7.52. The molecule has 0 unspecified atom stereocenters. The molecule has 2 aromatic rings. The number of anilines is 1. The van der Waals surface area contributed by atoms with Crippen LogP contribution in [-0.2, 0) is 4.79 Å². The van der Waals surface area contributed by atoms with Crippen LogP contribution in [0.3, 0.4) is 0 Å². The van der Waals surface area contributed by atoms with Crippen LogP contribution in [0, 0.1) is 6.92 Å². The molecule has 0 radical (unpaired) electrons. The summed E-state index contributed by atoms with van der Waals surface area (Å²) in [6.45, 7) is 1.65. The number of carbonyl (C=O) groups is 1.